The van der Waals surface area contributed by atoms with E-state index in [0.29, 0.717) is 18.7 Å². The second-order valence-corrected chi connectivity index (χ2v) is 9.35. The van der Waals surface area contributed by atoms with Crippen LogP contribution in [0.4, 0.5) is 17.6 Å². The highest BCUT2D eigenvalue weighted by Crippen LogP contribution is 2.50. The molecule has 0 amide bonds. The summed E-state index contributed by atoms with van der Waals surface area (Å²) in [7, 11) is 0. The van der Waals surface area contributed by atoms with Gasteiger partial charge in [0, 0.05) is 29.8 Å². The lowest BCUT2D eigenvalue weighted by Gasteiger charge is -2.47. The van der Waals surface area contributed by atoms with E-state index >= 15 is 0 Å². The molecule has 2 heterocycles. The second-order valence-electron chi connectivity index (χ2n) is 9.35. The Morgan fingerprint density at radius 2 is 1.91 bits per heavy atom. The van der Waals surface area contributed by atoms with Gasteiger partial charge in [0.05, 0.1) is 11.8 Å². The largest absolute Gasteiger partial charge is 0.573 e. The second kappa shape index (κ2) is 9.58. The van der Waals surface area contributed by atoms with E-state index in [-0.39, 0.29) is 29.1 Å². The maximum Gasteiger partial charge on any atom is 0.573 e. The van der Waals surface area contributed by atoms with Crippen LogP contribution in [0, 0.1) is 12.7 Å². The van der Waals surface area contributed by atoms with Crippen LogP contribution in [-0.4, -0.2) is 30.1 Å². The van der Waals surface area contributed by atoms with Crippen LogP contribution in [0.15, 0.2) is 36.5 Å². The fraction of sp³-hybridized carbons (Fsp3) is 0.560. The standard InChI is InChI=1S/C25H30F4N2O2/c1-18-14-20(26)16-31-22(18)23(11-13-32-24(17-23)8-4-5-9-24)10-12-30-15-19-6-2-3-7-21(19)33-25(27,28)29/h2-3,6-7,14,16,30H,4-5,8-13,15,17H2,1H3. The Kier molecular flexibility index (Phi) is 6.96. The molecule has 0 bridgehead atoms. The normalized spacial score (nSPS) is 22.6. The zero-order chi connectivity index (χ0) is 23.5. The summed E-state index contributed by atoms with van der Waals surface area (Å²) in [5.74, 6) is -0.548. The summed E-state index contributed by atoms with van der Waals surface area (Å²) in [5, 5.41) is 3.29. The van der Waals surface area contributed by atoms with Crippen LogP contribution in [-0.2, 0) is 16.7 Å². The molecule has 1 N–H and O–H groups in total. The molecule has 1 unspecified atom stereocenters. The van der Waals surface area contributed by atoms with E-state index in [9.17, 15) is 17.6 Å². The molecular weight excluding hydrogens is 436 g/mol. The summed E-state index contributed by atoms with van der Waals surface area (Å²) in [6, 6.07) is 7.68. The number of hydrogen-bond acceptors (Lipinski definition) is 4. The van der Waals surface area contributed by atoms with Crippen molar-refractivity contribution >= 4 is 0 Å². The van der Waals surface area contributed by atoms with E-state index in [2.05, 4.69) is 15.0 Å². The number of hydrogen-bond donors (Lipinski definition) is 1. The van der Waals surface area contributed by atoms with Crippen molar-refractivity contribution in [2.75, 3.05) is 13.2 Å². The molecule has 0 radical (unpaired) electrons. The summed E-state index contributed by atoms with van der Waals surface area (Å²) < 4.78 is 62.3. The Hall–Kier alpha value is -2.19. The van der Waals surface area contributed by atoms with Gasteiger partial charge in [-0.25, -0.2) is 4.39 Å². The molecule has 1 aliphatic carbocycles. The smallest absolute Gasteiger partial charge is 0.405 e. The number of para-hydroxylation sites is 1. The molecule has 2 aromatic rings. The van der Waals surface area contributed by atoms with Crippen LogP contribution < -0.4 is 10.1 Å². The first-order valence-electron chi connectivity index (χ1n) is 11.5. The minimum Gasteiger partial charge on any atom is -0.405 e. The van der Waals surface area contributed by atoms with Gasteiger partial charge >= 0.3 is 6.36 Å². The molecule has 1 aliphatic heterocycles. The summed E-state index contributed by atoms with van der Waals surface area (Å²) in [5.41, 5.74) is 1.75. The van der Waals surface area contributed by atoms with Crippen molar-refractivity contribution < 1.29 is 27.0 Å². The molecule has 4 nitrogen and oxygen atoms in total. The van der Waals surface area contributed by atoms with Gasteiger partial charge in [-0.15, -0.1) is 13.2 Å². The van der Waals surface area contributed by atoms with E-state index in [4.69, 9.17) is 4.74 Å². The first-order valence-corrected chi connectivity index (χ1v) is 11.5. The number of alkyl halides is 3. The molecule has 180 valence electrons. The Bertz CT molecular complexity index is 960. The van der Waals surface area contributed by atoms with Gasteiger partial charge in [-0.05, 0) is 63.3 Å². The Balaban J connectivity index is 1.49. The maximum atomic E-state index is 13.8. The quantitative estimate of drug-likeness (QED) is 0.403. The zero-order valence-electron chi connectivity index (χ0n) is 18.8. The third-order valence-corrected chi connectivity index (χ3v) is 7.01. The van der Waals surface area contributed by atoms with Gasteiger partial charge in [-0.1, -0.05) is 31.0 Å². The van der Waals surface area contributed by atoms with Gasteiger partial charge in [-0.2, -0.15) is 0 Å². The summed E-state index contributed by atoms with van der Waals surface area (Å²) >= 11 is 0. The third-order valence-electron chi connectivity index (χ3n) is 7.01. The van der Waals surface area contributed by atoms with E-state index in [1.54, 1.807) is 12.1 Å². The lowest BCUT2D eigenvalue weighted by atomic mass is 9.67. The van der Waals surface area contributed by atoms with E-state index in [1.165, 1.54) is 24.4 Å². The molecule has 1 aromatic carbocycles. The third kappa shape index (κ3) is 5.66. The summed E-state index contributed by atoms with van der Waals surface area (Å²) in [6.07, 6.45) is 3.20. The average Bonchev–Trinajstić information content (AvgIpc) is 3.18. The van der Waals surface area contributed by atoms with E-state index < -0.39 is 6.36 Å². The predicted molar refractivity (Wildman–Crippen MR) is 116 cm³/mol. The van der Waals surface area contributed by atoms with Gasteiger partial charge in [0.15, 0.2) is 0 Å². The van der Waals surface area contributed by atoms with Crippen molar-refractivity contribution in [1.29, 1.82) is 0 Å². The minimum atomic E-state index is -4.73. The first-order chi connectivity index (χ1) is 15.7. The van der Waals surface area contributed by atoms with Gasteiger partial charge in [-0.3, -0.25) is 4.98 Å². The molecule has 4 rings (SSSR count). The summed E-state index contributed by atoms with van der Waals surface area (Å²) in [6.45, 7) is 3.34. The molecular formula is C25H30F4N2O2. The zero-order valence-corrected chi connectivity index (χ0v) is 18.8. The van der Waals surface area contributed by atoms with Crippen molar-refractivity contribution in [3.8, 4) is 5.75 Å². The molecule has 2 fully saturated rings. The van der Waals surface area contributed by atoms with Crippen LogP contribution in [0.3, 0.4) is 0 Å². The van der Waals surface area contributed by atoms with Crippen molar-refractivity contribution in [3.05, 3.63) is 59.2 Å². The molecule has 8 heteroatoms. The molecule has 1 saturated carbocycles. The van der Waals surface area contributed by atoms with Gasteiger partial charge < -0.3 is 14.8 Å². The van der Waals surface area contributed by atoms with Crippen LogP contribution in [0.2, 0.25) is 0 Å². The number of aryl methyl sites for hydroxylation is 1. The molecule has 33 heavy (non-hydrogen) atoms. The predicted octanol–water partition coefficient (Wildman–Crippen LogP) is 5.97. The van der Waals surface area contributed by atoms with E-state index in [0.717, 1.165) is 56.2 Å². The SMILES string of the molecule is Cc1cc(F)cnc1C1(CCNCc2ccccc2OC(F)(F)F)CCOC2(CCCC2)C1. The average molecular weight is 467 g/mol. The minimum absolute atomic E-state index is 0.159. The van der Waals surface area contributed by atoms with Gasteiger partial charge in [0.1, 0.15) is 11.6 Å². The lowest BCUT2D eigenvalue weighted by molar-refractivity contribution is -0.274. The Morgan fingerprint density at radius 1 is 1.15 bits per heavy atom. The Labute approximate surface area is 191 Å². The van der Waals surface area contributed by atoms with Crippen molar-refractivity contribution in [2.45, 2.75) is 75.8 Å². The highest BCUT2D eigenvalue weighted by atomic mass is 19.4. The fourth-order valence-corrected chi connectivity index (χ4v) is 5.61. The summed E-state index contributed by atoms with van der Waals surface area (Å²) in [4.78, 5) is 4.52. The number of pyridine rings is 1. The van der Waals surface area contributed by atoms with Gasteiger partial charge in [0.2, 0.25) is 0 Å². The number of aromatic nitrogens is 1. The van der Waals surface area contributed by atoms with Crippen LogP contribution >= 0.6 is 0 Å². The maximum absolute atomic E-state index is 13.8. The fourth-order valence-electron chi connectivity index (χ4n) is 5.61. The molecule has 1 saturated heterocycles. The van der Waals surface area contributed by atoms with Crippen LogP contribution in [0.1, 0.15) is 61.8 Å². The first kappa shape index (κ1) is 24.0. The lowest BCUT2D eigenvalue weighted by Crippen LogP contribution is -2.47. The molecule has 1 atom stereocenters. The number of benzene rings is 1. The number of nitrogens with one attached hydrogen (secondary N) is 1. The number of ether oxygens (including phenoxy) is 2. The highest BCUT2D eigenvalue weighted by Gasteiger charge is 2.48. The molecule has 2 aliphatic rings. The number of rotatable bonds is 7. The van der Waals surface area contributed by atoms with Crippen LogP contribution in [0.25, 0.3) is 0 Å². The molecule has 1 spiro atoms. The van der Waals surface area contributed by atoms with Crippen molar-refractivity contribution in [3.63, 3.8) is 0 Å². The van der Waals surface area contributed by atoms with Crippen molar-refractivity contribution in [1.82, 2.24) is 10.3 Å². The Morgan fingerprint density at radius 3 is 2.64 bits per heavy atom. The number of halogens is 4. The molecule has 1 aromatic heterocycles. The van der Waals surface area contributed by atoms with Crippen molar-refractivity contribution in [2.24, 2.45) is 0 Å². The topological polar surface area (TPSA) is 43.4 Å². The highest BCUT2D eigenvalue weighted by molar-refractivity contribution is 5.33. The van der Waals surface area contributed by atoms with Crippen LogP contribution in [0.5, 0.6) is 5.75 Å². The number of nitrogens with zero attached hydrogens (tertiary/aromatic N) is 1. The van der Waals surface area contributed by atoms with E-state index in [1.807, 2.05) is 6.92 Å². The monoisotopic (exact) mass is 466 g/mol. The van der Waals surface area contributed by atoms with Gasteiger partial charge in [0.25, 0.3) is 0 Å².